The normalized spacial score (nSPS) is 18.4. The van der Waals surface area contributed by atoms with Crippen molar-refractivity contribution >= 4 is 31.6 Å². The molecule has 146 valence electrons. The largest absolute Gasteiger partial charge is 0.325 e. The molecule has 1 aromatic carbocycles. The Balaban J connectivity index is 1.90. The molecule has 9 nitrogen and oxygen atoms in total. The van der Waals surface area contributed by atoms with Gasteiger partial charge in [0.1, 0.15) is 0 Å². The molecule has 0 saturated carbocycles. The molecule has 1 amide bonds. The number of amides is 1. The highest BCUT2D eigenvalue weighted by atomic mass is 32.2. The third-order valence-corrected chi connectivity index (χ3v) is 5.98. The van der Waals surface area contributed by atoms with E-state index in [-0.39, 0.29) is 16.8 Å². The van der Waals surface area contributed by atoms with Crippen LogP contribution in [0, 0.1) is 0 Å². The first-order valence-corrected chi connectivity index (χ1v) is 11.5. The van der Waals surface area contributed by atoms with E-state index in [1.165, 1.54) is 24.3 Å². The van der Waals surface area contributed by atoms with Crippen LogP contribution in [-0.2, 0) is 24.8 Å². The fraction of sp³-hybridized carbons (Fsp3) is 0.533. The van der Waals surface area contributed by atoms with E-state index in [0.717, 1.165) is 6.26 Å². The van der Waals surface area contributed by atoms with E-state index in [0.29, 0.717) is 31.6 Å². The lowest BCUT2D eigenvalue weighted by molar-refractivity contribution is -0.121. The standard InChI is InChI=1S/C15H24N4O5S2/c1-11(19-9-7-13(8-10-19)18-25(2,21)22)15(20)17-12-3-5-14(6-4-12)26(16,23)24/h3-6,11,13,18H,7-10H2,1-2H3,(H,17,20)(H2,16,23,24)/t11-/m1/s1. The second-order valence-electron chi connectivity index (χ2n) is 6.43. The summed E-state index contributed by atoms with van der Waals surface area (Å²) in [6, 6.07) is 5.11. The van der Waals surface area contributed by atoms with Crippen LogP contribution in [0.1, 0.15) is 19.8 Å². The number of nitrogens with one attached hydrogen (secondary N) is 2. The molecule has 0 unspecified atom stereocenters. The van der Waals surface area contributed by atoms with Crippen molar-refractivity contribution < 1.29 is 21.6 Å². The zero-order valence-corrected chi connectivity index (χ0v) is 16.3. The average Bonchev–Trinajstić information content (AvgIpc) is 2.53. The number of hydrogen-bond donors (Lipinski definition) is 3. The summed E-state index contributed by atoms with van der Waals surface area (Å²) in [6.07, 6.45) is 2.40. The maximum atomic E-state index is 12.4. The van der Waals surface area contributed by atoms with Crippen molar-refractivity contribution in [2.24, 2.45) is 5.14 Å². The van der Waals surface area contributed by atoms with Gasteiger partial charge in [-0.05, 0) is 44.0 Å². The lowest BCUT2D eigenvalue weighted by Gasteiger charge is -2.35. The highest BCUT2D eigenvalue weighted by Gasteiger charge is 2.27. The van der Waals surface area contributed by atoms with Gasteiger partial charge in [0.05, 0.1) is 17.2 Å². The Morgan fingerprint density at radius 2 is 1.69 bits per heavy atom. The van der Waals surface area contributed by atoms with Crippen LogP contribution in [0.2, 0.25) is 0 Å². The summed E-state index contributed by atoms with van der Waals surface area (Å²) in [5.41, 5.74) is 0.475. The summed E-state index contributed by atoms with van der Waals surface area (Å²) in [4.78, 5) is 14.4. The molecule has 11 heteroatoms. The number of anilines is 1. The fourth-order valence-electron chi connectivity index (χ4n) is 2.85. The van der Waals surface area contributed by atoms with Gasteiger partial charge in [0.25, 0.3) is 0 Å². The van der Waals surface area contributed by atoms with Gasteiger partial charge in [0, 0.05) is 24.8 Å². The minimum atomic E-state index is -3.77. The summed E-state index contributed by atoms with van der Waals surface area (Å²) in [7, 11) is -7.00. The molecule has 1 aliphatic heterocycles. The summed E-state index contributed by atoms with van der Waals surface area (Å²) >= 11 is 0. The topological polar surface area (TPSA) is 139 Å². The molecule has 1 aromatic rings. The summed E-state index contributed by atoms with van der Waals surface area (Å²) in [6.45, 7) is 2.98. The highest BCUT2D eigenvalue weighted by Crippen LogP contribution is 2.17. The molecule has 1 aliphatic rings. The van der Waals surface area contributed by atoms with Gasteiger partial charge in [-0.15, -0.1) is 0 Å². The van der Waals surface area contributed by atoms with Crippen LogP contribution in [0.25, 0.3) is 0 Å². The highest BCUT2D eigenvalue weighted by molar-refractivity contribution is 7.89. The van der Waals surface area contributed by atoms with E-state index >= 15 is 0 Å². The Morgan fingerprint density at radius 3 is 2.15 bits per heavy atom. The average molecular weight is 405 g/mol. The number of carbonyl (C=O) groups is 1. The Kier molecular flexibility index (Phi) is 6.40. The van der Waals surface area contributed by atoms with Crippen LogP contribution in [0.3, 0.4) is 0 Å². The molecule has 0 spiro atoms. The third kappa shape index (κ3) is 6.02. The van der Waals surface area contributed by atoms with Crippen LogP contribution >= 0.6 is 0 Å². The molecule has 1 fully saturated rings. The molecule has 1 saturated heterocycles. The van der Waals surface area contributed by atoms with E-state index in [4.69, 9.17) is 5.14 Å². The Hall–Kier alpha value is -1.53. The Morgan fingerprint density at radius 1 is 1.15 bits per heavy atom. The zero-order chi connectivity index (χ0) is 19.5. The first kappa shape index (κ1) is 20.8. The van der Waals surface area contributed by atoms with Crippen molar-refractivity contribution in [2.45, 2.75) is 36.7 Å². The number of piperidine rings is 1. The van der Waals surface area contributed by atoms with E-state index in [1.807, 2.05) is 4.90 Å². The summed E-state index contributed by atoms with van der Waals surface area (Å²) in [5, 5.41) is 7.78. The predicted octanol–water partition coefficient (Wildman–Crippen LogP) is -0.325. The smallest absolute Gasteiger partial charge is 0.241 e. The molecule has 0 aliphatic carbocycles. The zero-order valence-electron chi connectivity index (χ0n) is 14.7. The molecule has 1 heterocycles. The van der Waals surface area contributed by atoms with Gasteiger partial charge in [-0.3, -0.25) is 9.69 Å². The molecular formula is C15H24N4O5S2. The van der Waals surface area contributed by atoms with Crippen molar-refractivity contribution in [1.82, 2.24) is 9.62 Å². The van der Waals surface area contributed by atoms with Gasteiger partial charge in [-0.2, -0.15) is 0 Å². The van der Waals surface area contributed by atoms with Crippen LogP contribution in [-0.4, -0.2) is 59.1 Å². The first-order chi connectivity index (χ1) is 12.0. The van der Waals surface area contributed by atoms with E-state index in [2.05, 4.69) is 10.0 Å². The number of rotatable bonds is 6. The molecule has 0 bridgehead atoms. The lowest BCUT2D eigenvalue weighted by atomic mass is 10.0. The monoisotopic (exact) mass is 404 g/mol. The number of likely N-dealkylation sites (tertiary alicyclic amines) is 1. The summed E-state index contributed by atoms with van der Waals surface area (Å²) < 4.78 is 47.6. The van der Waals surface area contributed by atoms with Gasteiger partial charge in [-0.1, -0.05) is 0 Å². The van der Waals surface area contributed by atoms with E-state index in [1.54, 1.807) is 6.92 Å². The lowest BCUT2D eigenvalue weighted by Crippen LogP contribution is -2.50. The SMILES string of the molecule is C[C@H](C(=O)Nc1ccc(S(N)(=O)=O)cc1)N1CCC(NS(C)(=O)=O)CC1. The quantitative estimate of drug-likeness (QED) is 0.594. The number of primary sulfonamides is 1. The van der Waals surface area contributed by atoms with Crippen molar-refractivity contribution in [1.29, 1.82) is 0 Å². The van der Waals surface area contributed by atoms with E-state index < -0.39 is 26.1 Å². The number of benzene rings is 1. The van der Waals surface area contributed by atoms with Gasteiger partial charge in [-0.25, -0.2) is 26.7 Å². The number of carbonyl (C=O) groups excluding carboxylic acids is 1. The van der Waals surface area contributed by atoms with Crippen molar-refractivity contribution in [2.75, 3.05) is 24.7 Å². The number of sulfonamides is 2. The fourth-order valence-corrected chi connectivity index (χ4v) is 4.20. The molecule has 0 radical (unpaired) electrons. The third-order valence-electron chi connectivity index (χ3n) is 4.29. The maximum absolute atomic E-state index is 12.4. The minimum absolute atomic E-state index is 0.0241. The van der Waals surface area contributed by atoms with Gasteiger partial charge < -0.3 is 5.32 Å². The molecule has 4 N–H and O–H groups in total. The molecule has 2 rings (SSSR count). The van der Waals surface area contributed by atoms with Crippen LogP contribution < -0.4 is 15.2 Å². The van der Waals surface area contributed by atoms with Gasteiger partial charge in [0.2, 0.25) is 26.0 Å². The minimum Gasteiger partial charge on any atom is -0.325 e. The predicted molar refractivity (Wildman–Crippen MR) is 98.5 cm³/mol. The van der Waals surface area contributed by atoms with E-state index in [9.17, 15) is 21.6 Å². The molecule has 0 aromatic heterocycles. The van der Waals surface area contributed by atoms with Gasteiger partial charge in [0.15, 0.2) is 0 Å². The Bertz CT molecular complexity index is 845. The molecule has 1 atom stereocenters. The number of nitrogens with two attached hydrogens (primary N) is 1. The van der Waals surface area contributed by atoms with Gasteiger partial charge >= 0.3 is 0 Å². The second kappa shape index (κ2) is 8.01. The van der Waals surface area contributed by atoms with Crippen LogP contribution in [0.15, 0.2) is 29.2 Å². The van der Waals surface area contributed by atoms with Crippen molar-refractivity contribution in [3.63, 3.8) is 0 Å². The molecular weight excluding hydrogens is 380 g/mol. The molecule has 26 heavy (non-hydrogen) atoms. The maximum Gasteiger partial charge on any atom is 0.241 e. The second-order valence-corrected chi connectivity index (χ2v) is 9.78. The first-order valence-electron chi connectivity index (χ1n) is 8.11. The number of hydrogen-bond acceptors (Lipinski definition) is 6. The van der Waals surface area contributed by atoms with Crippen LogP contribution in [0.4, 0.5) is 5.69 Å². The van der Waals surface area contributed by atoms with Crippen LogP contribution in [0.5, 0.6) is 0 Å². The van der Waals surface area contributed by atoms with Crippen molar-refractivity contribution in [3.8, 4) is 0 Å². The number of nitrogens with zero attached hydrogens (tertiary/aromatic N) is 1. The summed E-state index contributed by atoms with van der Waals surface area (Å²) in [5.74, 6) is -0.220. The van der Waals surface area contributed by atoms with Crippen molar-refractivity contribution in [3.05, 3.63) is 24.3 Å². The Labute approximate surface area is 154 Å².